The van der Waals surface area contributed by atoms with Crippen LogP contribution in [0.25, 0.3) is 0 Å². The number of nitrogens with zero attached hydrogens (tertiary/aromatic N) is 1. The van der Waals surface area contributed by atoms with E-state index in [2.05, 4.69) is 45.3 Å². The number of nitrogens with one attached hydrogen (secondary N) is 1. The zero-order chi connectivity index (χ0) is 14.3. The summed E-state index contributed by atoms with van der Waals surface area (Å²) in [4.78, 5) is 4.82. The maximum Gasteiger partial charge on any atom is 0.125 e. The van der Waals surface area contributed by atoms with E-state index in [4.69, 9.17) is 9.72 Å². The van der Waals surface area contributed by atoms with Gasteiger partial charge in [0.2, 0.25) is 0 Å². The minimum atomic E-state index is -0.181. The van der Waals surface area contributed by atoms with Gasteiger partial charge in [-0.3, -0.25) is 0 Å². The molecule has 0 aliphatic heterocycles. The molecule has 0 saturated carbocycles. The van der Waals surface area contributed by atoms with Crippen LogP contribution in [0.2, 0.25) is 0 Å². The molecule has 0 amide bonds. The van der Waals surface area contributed by atoms with Crippen LogP contribution in [0.5, 0.6) is 0 Å². The maximum absolute atomic E-state index is 6.01. The second kappa shape index (κ2) is 7.98. The van der Waals surface area contributed by atoms with Crippen molar-refractivity contribution in [3.05, 3.63) is 16.1 Å². The normalized spacial score (nSPS) is 13.7. The summed E-state index contributed by atoms with van der Waals surface area (Å²) in [6.45, 7) is 12.5. The smallest absolute Gasteiger partial charge is 0.125 e. The highest BCUT2D eigenvalue weighted by atomic mass is 32.1. The quantitative estimate of drug-likeness (QED) is 0.750. The number of hydrogen-bond acceptors (Lipinski definition) is 4. The van der Waals surface area contributed by atoms with Gasteiger partial charge in [0.1, 0.15) is 10.6 Å². The second-order valence-electron chi connectivity index (χ2n) is 4.94. The minimum absolute atomic E-state index is 0.181. The van der Waals surface area contributed by atoms with Crippen LogP contribution in [-0.2, 0) is 16.8 Å². The molecule has 1 N–H and O–H groups in total. The average Bonchev–Trinajstić information content (AvgIpc) is 2.85. The van der Waals surface area contributed by atoms with Crippen LogP contribution in [0, 0.1) is 0 Å². The van der Waals surface area contributed by atoms with E-state index >= 15 is 0 Å². The van der Waals surface area contributed by atoms with Gasteiger partial charge >= 0.3 is 0 Å². The highest BCUT2D eigenvalue weighted by Crippen LogP contribution is 2.35. The Labute approximate surface area is 121 Å². The van der Waals surface area contributed by atoms with Crippen molar-refractivity contribution >= 4 is 11.3 Å². The Morgan fingerprint density at radius 2 is 2.00 bits per heavy atom. The molecule has 0 fully saturated rings. The standard InChI is InChI=1S/C15H28N2OS/c1-6-15(7-2,18-9-4)14-17-13(11-19-14)10-12(5)16-8-3/h11-12,16H,6-10H2,1-5H3. The van der Waals surface area contributed by atoms with Crippen molar-refractivity contribution in [3.8, 4) is 0 Å². The molecule has 1 rings (SSSR count). The van der Waals surface area contributed by atoms with Crippen LogP contribution in [0.4, 0.5) is 0 Å². The molecule has 0 saturated heterocycles. The predicted molar refractivity (Wildman–Crippen MR) is 82.8 cm³/mol. The van der Waals surface area contributed by atoms with Crippen LogP contribution in [-0.4, -0.2) is 24.2 Å². The maximum atomic E-state index is 6.01. The molecule has 110 valence electrons. The molecule has 1 unspecified atom stereocenters. The Balaban J connectivity index is 2.81. The lowest BCUT2D eigenvalue weighted by Gasteiger charge is -2.29. The number of hydrogen-bond donors (Lipinski definition) is 1. The first-order valence-electron chi connectivity index (χ1n) is 7.44. The molecule has 1 aromatic rings. The van der Waals surface area contributed by atoms with Gasteiger partial charge in [-0.1, -0.05) is 20.8 Å². The average molecular weight is 284 g/mol. The number of ether oxygens (including phenoxy) is 1. The number of likely N-dealkylation sites (N-methyl/N-ethyl adjacent to an activating group) is 1. The molecule has 0 aromatic carbocycles. The summed E-state index contributed by atoms with van der Waals surface area (Å²) in [5.41, 5.74) is 0.999. The fraction of sp³-hybridized carbons (Fsp3) is 0.800. The van der Waals surface area contributed by atoms with Crippen LogP contribution in [0.1, 0.15) is 58.2 Å². The zero-order valence-electron chi connectivity index (χ0n) is 13.0. The van der Waals surface area contributed by atoms with Gasteiger partial charge in [0.15, 0.2) is 0 Å². The van der Waals surface area contributed by atoms with E-state index in [1.54, 1.807) is 11.3 Å². The summed E-state index contributed by atoms with van der Waals surface area (Å²) in [6.07, 6.45) is 2.94. The summed E-state index contributed by atoms with van der Waals surface area (Å²) >= 11 is 1.74. The third-order valence-corrected chi connectivity index (χ3v) is 4.65. The number of thiazole rings is 1. The first kappa shape index (κ1) is 16.6. The molecule has 4 heteroatoms. The minimum Gasteiger partial charge on any atom is -0.368 e. The number of rotatable bonds is 9. The van der Waals surface area contributed by atoms with E-state index in [0.717, 1.165) is 37.4 Å². The SMILES string of the molecule is CCNC(C)Cc1csc(C(CC)(CC)OCC)n1. The summed E-state index contributed by atoms with van der Waals surface area (Å²) < 4.78 is 6.01. The lowest BCUT2D eigenvalue weighted by atomic mass is 9.98. The topological polar surface area (TPSA) is 34.1 Å². The lowest BCUT2D eigenvalue weighted by Crippen LogP contribution is -2.29. The summed E-state index contributed by atoms with van der Waals surface area (Å²) in [7, 11) is 0. The van der Waals surface area contributed by atoms with Gasteiger partial charge in [-0.15, -0.1) is 11.3 Å². The zero-order valence-corrected chi connectivity index (χ0v) is 13.8. The van der Waals surface area contributed by atoms with Crippen LogP contribution >= 0.6 is 11.3 Å². The lowest BCUT2D eigenvalue weighted by molar-refractivity contribution is -0.0507. The van der Waals surface area contributed by atoms with E-state index in [0.29, 0.717) is 6.04 Å². The first-order chi connectivity index (χ1) is 9.11. The molecule has 1 heterocycles. The van der Waals surface area contributed by atoms with E-state index in [1.807, 2.05) is 0 Å². The van der Waals surface area contributed by atoms with Gasteiger partial charge in [0, 0.05) is 24.4 Å². The second-order valence-corrected chi connectivity index (χ2v) is 5.80. The van der Waals surface area contributed by atoms with Crippen molar-refractivity contribution in [3.63, 3.8) is 0 Å². The van der Waals surface area contributed by atoms with Gasteiger partial charge in [-0.05, 0) is 33.2 Å². The van der Waals surface area contributed by atoms with Crippen LogP contribution in [0.3, 0.4) is 0 Å². The molecule has 0 bridgehead atoms. The highest BCUT2D eigenvalue weighted by Gasteiger charge is 2.32. The van der Waals surface area contributed by atoms with Gasteiger partial charge in [-0.25, -0.2) is 4.98 Å². The Morgan fingerprint density at radius 3 is 2.53 bits per heavy atom. The van der Waals surface area contributed by atoms with E-state index in [-0.39, 0.29) is 5.60 Å². The molecule has 1 aromatic heterocycles. The summed E-state index contributed by atoms with van der Waals surface area (Å²) in [6, 6.07) is 0.477. The Kier molecular flexibility index (Phi) is 6.97. The Morgan fingerprint density at radius 1 is 1.32 bits per heavy atom. The highest BCUT2D eigenvalue weighted by molar-refractivity contribution is 7.09. The molecule has 0 aliphatic carbocycles. The molecule has 3 nitrogen and oxygen atoms in total. The fourth-order valence-corrected chi connectivity index (χ4v) is 3.57. The van der Waals surface area contributed by atoms with Crippen LogP contribution in [0.15, 0.2) is 5.38 Å². The first-order valence-corrected chi connectivity index (χ1v) is 8.32. The summed E-state index contributed by atoms with van der Waals surface area (Å²) in [5.74, 6) is 0. The van der Waals surface area contributed by atoms with Crippen molar-refractivity contribution in [2.24, 2.45) is 0 Å². The van der Waals surface area contributed by atoms with Gasteiger partial charge in [0.05, 0.1) is 5.69 Å². The number of aromatic nitrogens is 1. The fourth-order valence-electron chi connectivity index (χ4n) is 2.44. The third-order valence-electron chi connectivity index (χ3n) is 3.57. The molecular weight excluding hydrogens is 256 g/mol. The van der Waals surface area contributed by atoms with E-state index in [1.165, 1.54) is 5.69 Å². The monoisotopic (exact) mass is 284 g/mol. The largest absolute Gasteiger partial charge is 0.368 e. The van der Waals surface area contributed by atoms with Gasteiger partial charge in [-0.2, -0.15) is 0 Å². The molecule has 0 aliphatic rings. The van der Waals surface area contributed by atoms with Gasteiger partial charge in [0.25, 0.3) is 0 Å². The Bertz CT molecular complexity index is 361. The van der Waals surface area contributed by atoms with Crippen molar-refractivity contribution in [1.82, 2.24) is 10.3 Å². The van der Waals surface area contributed by atoms with Crippen molar-refractivity contribution < 1.29 is 4.74 Å². The van der Waals surface area contributed by atoms with Gasteiger partial charge < -0.3 is 10.1 Å². The Hall–Kier alpha value is -0.450. The van der Waals surface area contributed by atoms with E-state index < -0.39 is 0 Å². The van der Waals surface area contributed by atoms with Crippen molar-refractivity contribution in [2.75, 3.05) is 13.2 Å². The summed E-state index contributed by atoms with van der Waals surface area (Å²) in [5, 5.41) is 6.75. The molecule has 1 atom stereocenters. The van der Waals surface area contributed by atoms with Crippen molar-refractivity contribution in [1.29, 1.82) is 0 Å². The molecular formula is C15H28N2OS. The third kappa shape index (κ3) is 4.26. The van der Waals surface area contributed by atoms with E-state index in [9.17, 15) is 0 Å². The van der Waals surface area contributed by atoms with Crippen LogP contribution < -0.4 is 5.32 Å². The van der Waals surface area contributed by atoms with Crippen molar-refractivity contribution in [2.45, 2.75) is 65.5 Å². The molecule has 0 spiro atoms. The predicted octanol–water partition coefficient (Wildman–Crippen LogP) is 3.74. The molecule has 0 radical (unpaired) electrons. The molecule has 19 heavy (non-hydrogen) atoms.